The Labute approximate surface area is 115 Å². The Morgan fingerprint density at radius 2 is 2.11 bits per heavy atom. The summed E-state index contributed by atoms with van der Waals surface area (Å²) in [4.78, 5) is 0. The molecule has 1 rings (SSSR count). The number of nitrogens with zero attached hydrogens (tertiary/aromatic N) is 4. The third-order valence-corrected chi connectivity index (χ3v) is 2.76. The smallest absolute Gasteiger partial charge is 0.167 e. The lowest BCUT2D eigenvalue weighted by molar-refractivity contribution is 0.104. The van der Waals surface area contributed by atoms with Gasteiger partial charge in [0.1, 0.15) is 0 Å². The molecular weight excluding hydrogens is 242 g/mol. The number of rotatable bonds is 10. The van der Waals surface area contributed by atoms with Gasteiger partial charge in [-0.15, -0.1) is 5.10 Å². The van der Waals surface area contributed by atoms with Gasteiger partial charge in [0.15, 0.2) is 5.82 Å². The molecule has 0 aliphatic rings. The molecular formula is C13H27N5O. The summed E-state index contributed by atoms with van der Waals surface area (Å²) in [6.45, 7) is 11.9. The van der Waals surface area contributed by atoms with Crippen LogP contribution in [0.4, 0.5) is 0 Å². The van der Waals surface area contributed by atoms with Crippen molar-refractivity contribution in [3.63, 3.8) is 0 Å². The zero-order chi connectivity index (χ0) is 14.1. The van der Waals surface area contributed by atoms with E-state index >= 15 is 0 Å². The average molecular weight is 269 g/mol. The van der Waals surface area contributed by atoms with Gasteiger partial charge >= 0.3 is 0 Å². The van der Waals surface area contributed by atoms with Gasteiger partial charge in [-0.2, -0.15) is 0 Å². The maximum atomic E-state index is 5.56. The van der Waals surface area contributed by atoms with Crippen LogP contribution in [0.25, 0.3) is 0 Å². The van der Waals surface area contributed by atoms with E-state index in [2.05, 4.69) is 48.5 Å². The lowest BCUT2D eigenvalue weighted by atomic mass is 10.2. The number of tetrazole rings is 1. The van der Waals surface area contributed by atoms with Gasteiger partial charge < -0.3 is 10.1 Å². The van der Waals surface area contributed by atoms with E-state index in [0.717, 1.165) is 45.0 Å². The van der Waals surface area contributed by atoms with Crippen LogP contribution in [0.5, 0.6) is 0 Å². The molecule has 1 heterocycles. The van der Waals surface area contributed by atoms with Gasteiger partial charge in [0.05, 0.1) is 6.04 Å². The molecule has 0 amide bonds. The molecule has 1 unspecified atom stereocenters. The summed E-state index contributed by atoms with van der Waals surface area (Å²) in [6, 6.07) is 0.187. The molecule has 0 spiro atoms. The van der Waals surface area contributed by atoms with Crippen molar-refractivity contribution in [2.45, 2.75) is 53.1 Å². The Hall–Kier alpha value is -1.01. The molecule has 110 valence electrons. The molecule has 19 heavy (non-hydrogen) atoms. The molecule has 0 saturated carbocycles. The lowest BCUT2D eigenvalue weighted by Gasteiger charge is -2.13. The number of aromatic nitrogens is 4. The normalized spacial score (nSPS) is 13.1. The van der Waals surface area contributed by atoms with Crippen LogP contribution in [0.1, 0.15) is 52.4 Å². The Morgan fingerprint density at radius 1 is 1.32 bits per heavy atom. The van der Waals surface area contributed by atoms with Crippen molar-refractivity contribution in [2.75, 3.05) is 19.8 Å². The summed E-state index contributed by atoms with van der Waals surface area (Å²) in [5.74, 6) is 1.49. The first kappa shape index (κ1) is 16.0. The van der Waals surface area contributed by atoms with Crippen LogP contribution in [0.3, 0.4) is 0 Å². The summed E-state index contributed by atoms with van der Waals surface area (Å²) in [6.07, 6.45) is 2.04. The molecule has 1 aromatic heterocycles. The highest BCUT2D eigenvalue weighted by Gasteiger charge is 2.13. The highest BCUT2D eigenvalue weighted by atomic mass is 16.5. The molecule has 0 aromatic carbocycles. The zero-order valence-electron chi connectivity index (χ0n) is 12.6. The SMILES string of the molecule is CCCNC(C)c1nnnn1CCCOCC(C)C. The largest absolute Gasteiger partial charge is 0.381 e. The van der Waals surface area contributed by atoms with E-state index in [4.69, 9.17) is 4.74 Å². The molecule has 0 saturated heterocycles. The van der Waals surface area contributed by atoms with Crippen LogP contribution in [0, 0.1) is 5.92 Å². The van der Waals surface area contributed by atoms with Crippen LogP contribution in [0.15, 0.2) is 0 Å². The van der Waals surface area contributed by atoms with Gasteiger partial charge in [0, 0.05) is 19.8 Å². The summed E-state index contributed by atoms with van der Waals surface area (Å²) in [5, 5.41) is 15.3. The second-order valence-electron chi connectivity index (χ2n) is 5.26. The first-order valence-corrected chi connectivity index (χ1v) is 7.22. The molecule has 0 radical (unpaired) electrons. The molecule has 0 aliphatic heterocycles. The maximum Gasteiger partial charge on any atom is 0.167 e. The van der Waals surface area contributed by atoms with E-state index in [1.165, 1.54) is 0 Å². The van der Waals surface area contributed by atoms with E-state index in [0.29, 0.717) is 5.92 Å². The Kier molecular flexibility index (Phi) is 7.59. The van der Waals surface area contributed by atoms with Crippen molar-refractivity contribution in [1.29, 1.82) is 0 Å². The minimum atomic E-state index is 0.187. The maximum absolute atomic E-state index is 5.56. The molecule has 1 aromatic rings. The third kappa shape index (κ3) is 6.11. The third-order valence-electron chi connectivity index (χ3n) is 2.76. The average Bonchev–Trinajstić information content (AvgIpc) is 2.83. The molecule has 6 heteroatoms. The zero-order valence-corrected chi connectivity index (χ0v) is 12.6. The van der Waals surface area contributed by atoms with E-state index in [-0.39, 0.29) is 6.04 Å². The van der Waals surface area contributed by atoms with Gasteiger partial charge in [0.2, 0.25) is 0 Å². The van der Waals surface area contributed by atoms with Crippen LogP contribution in [0.2, 0.25) is 0 Å². The van der Waals surface area contributed by atoms with Crippen LogP contribution in [-0.2, 0) is 11.3 Å². The summed E-state index contributed by atoms with van der Waals surface area (Å²) in [7, 11) is 0. The Bertz CT molecular complexity index is 340. The molecule has 1 N–H and O–H groups in total. The minimum absolute atomic E-state index is 0.187. The predicted octanol–water partition coefficient (Wildman–Crippen LogP) is 1.80. The van der Waals surface area contributed by atoms with E-state index in [1.807, 2.05) is 4.68 Å². The second-order valence-corrected chi connectivity index (χ2v) is 5.26. The minimum Gasteiger partial charge on any atom is -0.381 e. The predicted molar refractivity (Wildman–Crippen MR) is 74.8 cm³/mol. The summed E-state index contributed by atoms with van der Waals surface area (Å²) in [5.41, 5.74) is 0. The number of aryl methyl sites for hydroxylation is 1. The Morgan fingerprint density at radius 3 is 2.79 bits per heavy atom. The number of hydrogen-bond acceptors (Lipinski definition) is 5. The highest BCUT2D eigenvalue weighted by molar-refractivity contribution is 4.89. The summed E-state index contributed by atoms with van der Waals surface area (Å²) >= 11 is 0. The molecule has 0 fully saturated rings. The standard InChI is InChI=1S/C13H27N5O/c1-5-7-14-12(4)13-15-16-17-18(13)8-6-9-19-10-11(2)3/h11-12,14H,5-10H2,1-4H3. The van der Waals surface area contributed by atoms with Crippen molar-refractivity contribution in [3.05, 3.63) is 5.82 Å². The first-order chi connectivity index (χ1) is 9.15. The van der Waals surface area contributed by atoms with E-state index in [1.54, 1.807) is 0 Å². The Balaban J connectivity index is 2.32. The van der Waals surface area contributed by atoms with Crippen molar-refractivity contribution in [1.82, 2.24) is 25.5 Å². The van der Waals surface area contributed by atoms with Gasteiger partial charge in [-0.25, -0.2) is 4.68 Å². The van der Waals surface area contributed by atoms with E-state index < -0.39 is 0 Å². The molecule has 0 bridgehead atoms. The fourth-order valence-corrected chi connectivity index (χ4v) is 1.77. The van der Waals surface area contributed by atoms with E-state index in [9.17, 15) is 0 Å². The van der Waals surface area contributed by atoms with Crippen molar-refractivity contribution in [2.24, 2.45) is 5.92 Å². The highest BCUT2D eigenvalue weighted by Crippen LogP contribution is 2.07. The monoisotopic (exact) mass is 269 g/mol. The molecule has 1 atom stereocenters. The first-order valence-electron chi connectivity index (χ1n) is 7.22. The number of hydrogen-bond donors (Lipinski definition) is 1. The van der Waals surface area contributed by atoms with Crippen molar-refractivity contribution in [3.8, 4) is 0 Å². The van der Waals surface area contributed by atoms with Crippen LogP contribution < -0.4 is 5.32 Å². The van der Waals surface area contributed by atoms with Crippen molar-refractivity contribution >= 4 is 0 Å². The molecule has 6 nitrogen and oxygen atoms in total. The second kappa shape index (κ2) is 8.98. The fraction of sp³-hybridized carbons (Fsp3) is 0.923. The lowest BCUT2D eigenvalue weighted by Crippen LogP contribution is -2.23. The van der Waals surface area contributed by atoms with Gasteiger partial charge in [-0.3, -0.25) is 0 Å². The topological polar surface area (TPSA) is 64.9 Å². The molecule has 0 aliphatic carbocycles. The van der Waals surface area contributed by atoms with Crippen LogP contribution >= 0.6 is 0 Å². The van der Waals surface area contributed by atoms with Gasteiger partial charge in [-0.05, 0) is 42.7 Å². The van der Waals surface area contributed by atoms with Crippen molar-refractivity contribution < 1.29 is 4.74 Å². The number of ether oxygens (including phenoxy) is 1. The van der Waals surface area contributed by atoms with Gasteiger partial charge in [-0.1, -0.05) is 20.8 Å². The van der Waals surface area contributed by atoms with Crippen LogP contribution in [-0.4, -0.2) is 40.0 Å². The fourth-order valence-electron chi connectivity index (χ4n) is 1.77. The van der Waals surface area contributed by atoms with Gasteiger partial charge in [0.25, 0.3) is 0 Å². The number of nitrogens with one attached hydrogen (secondary N) is 1. The summed E-state index contributed by atoms with van der Waals surface area (Å²) < 4.78 is 7.43. The quantitative estimate of drug-likeness (QED) is 0.656.